The van der Waals surface area contributed by atoms with E-state index in [1.807, 2.05) is 61.5 Å². The quantitative estimate of drug-likeness (QED) is 0.240. The molecule has 5 aromatic rings. The van der Waals surface area contributed by atoms with Gasteiger partial charge < -0.3 is 20.4 Å². The van der Waals surface area contributed by atoms with Crippen molar-refractivity contribution in [1.29, 1.82) is 0 Å². The number of aromatic amines is 1. The Bertz CT molecular complexity index is 1650. The van der Waals surface area contributed by atoms with E-state index in [4.69, 9.17) is 4.74 Å². The highest BCUT2D eigenvalue weighted by molar-refractivity contribution is 7.22. The fourth-order valence-electron chi connectivity index (χ4n) is 4.47. The molecule has 2 heterocycles. The third kappa shape index (κ3) is 4.68. The molecule has 1 aliphatic carbocycles. The topological polar surface area (TPSA) is 96.1 Å². The van der Waals surface area contributed by atoms with E-state index in [9.17, 15) is 9.59 Å². The number of thiazole rings is 1. The Kier molecular flexibility index (Phi) is 5.88. The Morgan fingerprint density at radius 3 is 2.70 bits per heavy atom. The van der Waals surface area contributed by atoms with Crippen LogP contribution in [0.5, 0.6) is 5.75 Å². The molecule has 1 saturated carbocycles. The molecule has 0 spiro atoms. The van der Waals surface area contributed by atoms with Gasteiger partial charge >= 0.3 is 0 Å². The van der Waals surface area contributed by atoms with Crippen molar-refractivity contribution in [2.75, 3.05) is 12.4 Å². The van der Waals surface area contributed by atoms with E-state index in [2.05, 4.69) is 26.7 Å². The fraction of sp³-hybridized carbons (Fsp3) is 0.207. The number of H-pyrrole nitrogens is 1. The number of ether oxygens (including phenoxy) is 1. The summed E-state index contributed by atoms with van der Waals surface area (Å²) < 4.78 is 6.32. The number of nitrogens with one attached hydrogen (secondary N) is 3. The lowest BCUT2D eigenvalue weighted by Gasteiger charge is -2.15. The van der Waals surface area contributed by atoms with Crippen LogP contribution in [0, 0.1) is 5.92 Å². The maximum Gasteiger partial charge on any atom is 0.253 e. The number of nitrogens with zero attached hydrogens (tertiary/aromatic N) is 1. The second-order valence-corrected chi connectivity index (χ2v) is 10.4. The van der Waals surface area contributed by atoms with Crippen LogP contribution in [0.15, 0.2) is 66.9 Å². The van der Waals surface area contributed by atoms with Crippen LogP contribution < -0.4 is 15.4 Å². The Balaban J connectivity index is 1.25. The molecule has 0 radical (unpaired) electrons. The summed E-state index contributed by atoms with van der Waals surface area (Å²) in [5.41, 5.74) is 5.34. The molecule has 0 bridgehead atoms. The molecule has 2 amide bonds. The van der Waals surface area contributed by atoms with Gasteiger partial charge in [-0.2, -0.15) is 0 Å². The number of fused-ring (bicyclic) bond motifs is 2. The van der Waals surface area contributed by atoms with Crippen molar-refractivity contribution in [3.8, 4) is 16.9 Å². The Hall–Kier alpha value is -4.17. The van der Waals surface area contributed by atoms with E-state index in [1.54, 1.807) is 13.3 Å². The number of hydrogen-bond acceptors (Lipinski definition) is 5. The molecule has 0 aliphatic heterocycles. The van der Waals surface area contributed by atoms with Crippen LogP contribution in [-0.4, -0.2) is 28.9 Å². The van der Waals surface area contributed by atoms with E-state index >= 15 is 0 Å². The normalized spacial score (nSPS) is 14.0. The molecule has 3 aromatic carbocycles. The number of rotatable bonds is 7. The molecule has 8 heteroatoms. The Morgan fingerprint density at radius 1 is 1.08 bits per heavy atom. The van der Waals surface area contributed by atoms with Gasteiger partial charge in [0.1, 0.15) is 5.75 Å². The van der Waals surface area contributed by atoms with Gasteiger partial charge in [-0.05, 0) is 72.9 Å². The second kappa shape index (κ2) is 9.37. The molecule has 186 valence electrons. The van der Waals surface area contributed by atoms with Crippen molar-refractivity contribution >= 4 is 49.4 Å². The summed E-state index contributed by atoms with van der Waals surface area (Å²) in [5.74, 6) is 0.808. The third-order valence-electron chi connectivity index (χ3n) is 6.77. The van der Waals surface area contributed by atoms with Gasteiger partial charge in [0.15, 0.2) is 5.13 Å². The van der Waals surface area contributed by atoms with Crippen molar-refractivity contribution in [2.45, 2.75) is 25.8 Å². The van der Waals surface area contributed by atoms with Gasteiger partial charge in [-0.25, -0.2) is 4.98 Å². The van der Waals surface area contributed by atoms with E-state index < -0.39 is 0 Å². The van der Waals surface area contributed by atoms with Gasteiger partial charge in [-0.1, -0.05) is 35.6 Å². The second-order valence-electron chi connectivity index (χ2n) is 9.40. The zero-order valence-electron chi connectivity index (χ0n) is 20.5. The van der Waals surface area contributed by atoms with E-state index in [0.717, 1.165) is 56.4 Å². The molecule has 6 rings (SSSR count). The summed E-state index contributed by atoms with van der Waals surface area (Å²) >= 11 is 1.48. The lowest BCUT2D eigenvalue weighted by atomic mass is 10.0. The summed E-state index contributed by atoms with van der Waals surface area (Å²) in [4.78, 5) is 33.1. The summed E-state index contributed by atoms with van der Waals surface area (Å²) in [6.45, 7) is 1.96. The van der Waals surface area contributed by atoms with Gasteiger partial charge in [0, 0.05) is 23.0 Å². The minimum absolute atomic E-state index is 0.0590. The van der Waals surface area contributed by atoms with Gasteiger partial charge in [-0.15, -0.1) is 0 Å². The van der Waals surface area contributed by atoms with Crippen LogP contribution in [0.1, 0.15) is 41.7 Å². The number of anilines is 1. The molecule has 0 unspecified atom stereocenters. The predicted octanol–water partition coefficient (Wildman–Crippen LogP) is 6.29. The average Bonchev–Trinajstić information content (AvgIpc) is 3.56. The Morgan fingerprint density at radius 2 is 1.89 bits per heavy atom. The number of carbonyl (C=O) groups is 2. The molecular formula is C29H26N4O3S. The highest BCUT2D eigenvalue weighted by Crippen LogP contribution is 2.34. The SMILES string of the molecule is COc1cccc([C@H](C)NC(=O)c2c[nH]c3ccc(-c4ccc5nc(NC(=O)C6CC6)sc5c4)cc23)c1. The summed E-state index contributed by atoms with van der Waals surface area (Å²) in [5, 5.41) is 7.53. The summed E-state index contributed by atoms with van der Waals surface area (Å²) in [6, 6.07) is 19.7. The standard InChI is InChI=1S/C29H26N4O3S/c1-16(18-4-3-5-21(12-18)36-2)31-28(35)23-15-30-24-10-8-19(13-22(23)24)20-9-11-25-26(14-20)37-29(32-25)33-27(34)17-6-7-17/h3-5,8-17,30H,6-7H2,1-2H3,(H,31,35)(H,32,33,34)/t16-/m0/s1. The largest absolute Gasteiger partial charge is 0.497 e. The molecule has 2 aromatic heterocycles. The first-order chi connectivity index (χ1) is 18.0. The minimum atomic E-state index is -0.181. The molecular weight excluding hydrogens is 484 g/mol. The van der Waals surface area contributed by atoms with Crippen LogP contribution in [0.3, 0.4) is 0 Å². The van der Waals surface area contributed by atoms with Crippen molar-refractivity contribution in [2.24, 2.45) is 5.92 Å². The monoisotopic (exact) mass is 510 g/mol. The zero-order valence-corrected chi connectivity index (χ0v) is 21.3. The molecule has 37 heavy (non-hydrogen) atoms. The van der Waals surface area contributed by atoms with Crippen molar-refractivity contribution < 1.29 is 14.3 Å². The molecule has 1 atom stereocenters. The Labute approximate surface area is 217 Å². The highest BCUT2D eigenvalue weighted by atomic mass is 32.1. The van der Waals surface area contributed by atoms with E-state index in [0.29, 0.717) is 10.7 Å². The van der Waals surface area contributed by atoms with Crippen molar-refractivity contribution in [3.63, 3.8) is 0 Å². The van der Waals surface area contributed by atoms with Crippen molar-refractivity contribution in [3.05, 3.63) is 78.0 Å². The highest BCUT2D eigenvalue weighted by Gasteiger charge is 2.30. The third-order valence-corrected chi connectivity index (χ3v) is 7.70. The summed E-state index contributed by atoms with van der Waals surface area (Å²) in [6.07, 6.45) is 3.67. The number of benzene rings is 3. The number of amides is 2. The number of carbonyl (C=O) groups excluding carboxylic acids is 2. The molecule has 1 aliphatic rings. The van der Waals surface area contributed by atoms with E-state index in [-0.39, 0.29) is 23.8 Å². The lowest BCUT2D eigenvalue weighted by Crippen LogP contribution is -2.26. The number of hydrogen-bond donors (Lipinski definition) is 3. The van der Waals surface area contributed by atoms with Gasteiger partial charge in [0.25, 0.3) is 5.91 Å². The summed E-state index contributed by atoms with van der Waals surface area (Å²) in [7, 11) is 1.63. The maximum atomic E-state index is 13.2. The fourth-order valence-corrected chi connectivity index (χ4v) is 5.38. The first kappa shape index (κ1) is 23.2. The van der Waals surface area contributed by atoms with Crippen LogP contribution in [0.4, 0.5) is 5.13 Å². The van der Waals surface area contributed by atoms with Crippen LogP contribution in [0.2, 0.25) is 0 Å². The molecule has 0 saturated heterocycles. The number of aromatic nitrogens is 2. The molecule has 3 N–H and O–H groups in total. The van der Waals surface area contributed by atoms with Gasteiger partial charge in [-0.3, -0.25) is 9.59 Å². The maximum absolute atomic E-state index is 13.2. The first-order valence-electron chi connectivity index (χ1n) is 12.3. The first-order valence-corrected chi connectivity index (χ1v) is 13.1. The minimum Gasteiger partial charge on any atom is -0.497 e. The van der Waals surface area contributed by atoms with Crippen molar-refractivity contribution in [1.82, 2.24) is 15.3 Å². The van der Waals surface area contributed by atoms with E-state index in [1.165, 1.54) is 11.3 Å². The molecule has 1 fully saturated rings. The zero-order chi connectivity index (χ0) is 25.5. The van der Waals surface area contributed by atoms with Gasteiger partial charge in [0.05, 0.1) is 28.9 Å². The average molecular weight is 511 g/mol. The number of methoxy groups -OCH3 is 1. The molecule has 7 nitrogen and oxygen atoms in total. The smallest absolute Gasteiger partial charge is 0.253 e. The van der Waals surface area contributed by atoms with Gasteiger partial charge in [0.2, 0.25) is 5.91 Å². The lowest BCUT2D eigenvalue weighted by molar-refractivity contribution is -0.117. The van der Waals surface area contributed by atoms with Crippen LogP contribution in [-0.2, 0) is 4.79 Å². The van der Waals surface area contributed by atoms with Crippen LogP contribution in [0.25, 0.3) is 32.2 Å². The predicted molar refractivity (Wildman–Crippen MR) is 147 cm³/mol. The van der Waals surface area contributed by atoms with Crippen LogP contribution >= 0.6 is 11.3 Å².